The Bertz CT molecular complexity index is 922. The number of benzene rings is 1. The van der Waals surface area contributed by atoms with Crippen molar-refractivity contribution in [2.75, 3.05) is 0 Å². The van der Waals surface area contributed by atoms with Crippen LogP contribution in [-0.2, 0) is 11.3 Å². The molecule has 7 nitrogen and oxygen atoms in total. The summed E-state index contributed by atoms with van der Waals surface area (Å²) in [4.78, 5) is 37.3. The van der Waals surface area contributed by atoms with Gasteiger partial charge in [-0.25, -0.2) is 4.79 Å². The molecule has 1 amide bonds. The fraction of sp³-hybridized carbons (Fsp3) is 0.412. The Kier molecular flexibility index (Phi) is 3.68. The zero-order valence-corrected chi connectivity index (χ0v) is 15.1. The number of Topliss-reactive ketones (excluding diaryl/α,β-unsaturated/α-hetero) is 2. The summed E-state index contributed by atoms with van der Waals surface area (Å²) in [6.45, 7) is 1.39. The number of rotatable bonds is 4. The molecule has 0 spiro atoms. The molecule has 1 saturated heterocycles. The second-order valence-corrected chi connectivity index (χ2v) is 7.61. The lowest BCUT2D eigenvalue weighted by Crippen LogP contribution is -2.43. The van der Waals surface area contributed by atoms with Gasteiger partial charge in [-0.2, -0.15) is 5.10 Å². The van der Waals surface area contributed by atoms with Crippen LogP contribution in [0.25, 0.3) is 10.9 Å². The Morgan fingerprint density at radius 3 is 2.76 bits per heavy atom. The van der Waals surface area contributed by atoms with Crippen molar-refractivity contribution < 1.29 is 19.5 Å². The van der Waals surface area contributed by atoms with E-state index in [2.05, 4.69) is 21.0 Å². The van der Waals surface area contributed by atoms with Crippen molar-refractivity contribution in [1.82, 2.24) is 14.7 Å². The molecule has 1 aliphatic carbocycles. The molecule has 8 heteroatoms. The molecule has 0 unspecified atom stereocenters. The van der Waals surface area contributed by atoms with Gasteiger partial charge in [0.25, 0.3) is 0 Å². The van der Waals surface area contributed by atoms with E-state index < -0.39 is 12.1 Å². The minimum Gasteiger partial charge on any atom is -0.465 e. The predicted octanol–water partition coefficient (Wildman–Crippen LogP) is 2.71. The van der Waals surface area contributed by atoms with Crippen molar-refractivity contribution in [1.29, 1.82) is 0 Å². The van der Waals surface area contributed by atoms with Crippen LogP contribution in [0.15, 0.2) is 22.7 Å². The Hall–Kier alpha value is -2.22. The van der Waals surface area contributed by atoms with Gasteiger partial charge in [-0.1, -0.05) is 15.9 Å². The molecule has 4 rings (SSSR count). The molecular weight excluding hydrogens is 390 g/mol. The van der Waals surface area contributed by atoms with Crippen molar-refractivity contribution in [3.8, 4) is 0 Å². The van der Waals surface area contributed by atoms with Crippen LogP contribution in [0.4, 0.5) is 4.79 Å². The van der Waals surface area contributed by atoms with Crippen LogP contribution in [0.5, 0.6) is 0 Å². The van der Waals surface area contributed by atoms with E-state index in [4.69, 9.17) is 0 Å². The number of ketones is 2. The van der Waals surface area contributed by atoms with E-state index in [1.54, 1.807) is 12.1 Å². The number of fused-ring (bicyclic) bond motifs is 2. The first-order valence-electron chi connectivity index (χ1n) is 8.07. The zero-order chi connectivity index (χ0) is 17.9. The zero-order valence-electron chi connectivity index (χ0n) is 13.5. The topological polar surface area (TPSA) is 92.5 Å². The van der Waals surface area contributed by atoms with Gasteiger partial charge in [0.2, 0.25) is 0 Å². The highest BCUT2D eigenvalue weighted by Gasteiger charge is 2.56. The molecule has 1 N–H and O–H groups in total. The summed E-state index contributed by atoms with van der Waals surface area (Å²) in [6, 6.07) is 4.80. The molecule has 3 atom stereocenters. The van der Waals surface area contributed by atoms with Gasteiger partial charge in [-0.15, -0.1) is 0 Å². The maximum Gasteiger partial charge on any atom is 0.408 e. The van der Waals surface area contributed by atoms with Gasteiger partial charge in [-0.05, 0) is 37.0 Å². The fourth-order valence-corrected chi connectivity index (χ4v) is 4.16. The highest BCUT2D eigenvalue weighted by atomic mass is 79.9. The summed E-state index contributed by atoms with van der Waals surface area (Å²) >= 11 is 3.38. The number of halogens is 1. The molecule has 1 aromatic carbocycles. The number of likely N-dealkylation sites (tertiary alicyclic amines) is 1. The molecule has 2 aromatic rings. The number of carboxylic acid groups (broad SMARTS) is 1. The molecule has 2 heterocycles. The molecule has 2 fully saturated rings. The number of piperidine rings is 1. The molecule has 1 aromatic heterocycles. The Balaban J connectivity index is 1.66. The van der Waals surface area contributed by atoms with Gasteiger partial charge in [0.05, 0.1) is 11.6 Å². The van der Waals surface area contributed by atoms with Gasteiger partial charge in [-0.3, -0.25) is 19.2 Å². The van der Waals surface area contributed by atoms with Crippen LogP contribution in [0.1, 0.15) is 30.3 Å². The van der Waals surface area contributed by atoms with Crippen molar-refractivity contribution in [3.05, 3.63) is 28.4 Å². The smallest absolute Gasteiger partial charge is 0.408 e. The standard InChI is InChI=1S/C17H16BrN3O4/c1-8(22)16-11-6-10(18)2-3-12(11)20(19-16)7-15(23)14-5-9-4-13(9)21(14)17(24)25/h2-3,6,9,13-14H,4-5,7H2,1H3,(H,24,25)/t9-,13-,14+/m1/s1. The number of hydrogen-bond donors (Lipinski definition) is 1. The first kappa shape index (κ1) is 16.3. The lowest BCUT2D eigenvalue weighted by atomic mass is 10.1. The Morgan fingerprint density at radius 1 is 1.32 bits per heavy atom. The number of nitrogens with zero attached hydrogens (tertiary/aromatic N) is 3. The van der Waals surface area contributed by atoms with Crippen LogP contribution in [0, 0.1) is 5.92 Å². The Morgan fingerprint density at radius 2 is 2.08 bits per heavy atom. The summed E-state index contributed by atoms with van der Waals surface area (Å²) in [5.41, 5.74) is 1.00. The third-order valence-corrected chi connectivity index (χ3v) is 5.54. The second-order valence-electron chi connectivity index (χ2n) is 6.69. The predicted molar refractivity (Wildman–Crippen MR) is 92.6 cm³/mol. The fourth-order valence-electron chi connectivity index (χ4n) is 3.80. The van der Waals surface area contributed by atoms with Crippen LogP contribution in [0.2, 0.25) is 0 Å². The normalized spacial score (nSPS) is 24.4. The van der Waals surface area contributed by atoms with Gasteiger partial charge in [0.1, 0.15) is 12.2 Å². The number of amides is 1. The minimum absolute atomic E-state index is 0.00967. The SMILES string of the molecule is CC(=O)c1nn(CC(=O)[C@@H]2C[C@H]3C[C@H]3N2C(=O)O)c2ccc(Br)cc12. The number of aromatic nitrogens is 2. The lowest BCUT2D eigenvalue weighted by Gasteiger charge is -2.23. The van der Waals surface area contributed by atoms with E-state index in [0.717, 1.165) is 10.9 Å². The van der Waals surface area contributed by atoms with E-state index in [1.807, 2.05) is 6.07 Å². The quantitative estimate of drug-likeness (QED) is 0.789. The van der Waals surface area contributed by atoms with E-state index in [-0.39, 0.29) is 24.2 Å². The van der Waals surface area contributed by atoms with Crippen molar-refractivity contribution in [2.24, 2.45) is 5.92 Å². The average molecular weight is 406 g/mol. The molecule has 130 valence electrons. The Labute approximate surface area is 151 Å². The lowest BCUT2D eigenvalue weighted by molar-refractivity contribution is -0.124. The van der Waals surface area contributed by atoms with Gasteiger partial charge in [0.15, 0.2) is 11.6 Å². The summed E-state index contributed by atoms with van der Waals surface area (Å²) in [6.07, 6.45) is 0.394. The highest BCUT2D eigenvalue weighted by Crippen LogP contribution is 2.48. The molecule has 25 heavy (non-hydrogen) atoms. The molecule has 2 aliphatic rings. The van der Waals surface area contributed by atoms with Crippen LogP contribution in [0.3, 0.4) is 0 Å². The highest BCUT2D eigenvalue weighted by molar-refractivity contribution is 9.10. The van der Waals surface area contributed by atoms with Crippen molar-refractivity contribution >= 4 is 44.5 Å². The van der Waals surface area contributed by atoms with E-state index in [0.29, 0.717) is 28.9 Å². The average Bonchev–Trinajstić information content (AvgIpc) is 3.05. The first-order chi connectivity index (χ1) is 11.9. The molecular formula is C17H16BrN3O4. The third-order valence-electron chi connectivity index (χ3n) is 5.05. The summed E-state index contributed by atoms with van der Waals surface area (Å²) in [5.74, 6) is -0.0521. The summed E-state index contributed by atoms with van der Waals surface area (Å²) in [5, 5.41) is 14.4. The van der Waals surface area contributed by atoms with E-state index in [1.165, 1.54) is 16.5 Å². The number of carbonyl (C=O) groups excluding carboxylic acids is 2. The van der Waals surface area contributed by atoms with Crippen LogP contribution < -0.4 is 0 Å². The largest absolute Gasteiger partial charge is 0.465 e. The van der Waals surface area contributed by atoms with Gasteiger partial charge in [0, 0.05) is 22.8 Å². The molecule has 1 saturated carbocycles. The third kappa shape index (κ3) is 2.64. The van der Waals surface area contributed by atoms with Gasteiger partial charge < -0.3 is 5.11 Å². The molecule has 1 aliphatic heterocycles. The van der Waals surface area contributed by atoms with Crippen molar-refractivity contribution in [3.63, 3.8) is 0 Å². The van der Waals surface area contributed by atoms with Gasteiger partial charge >= 0.3 is 6.09 Å². The molecule has 0 bridgehead atoms. The van der Waals surface area contributed by atoms with E-state index >= 15 is 0 Å². The number of carbonyl (C=O) groups is 3. The summed E-state index contributed by atoms with van der Waals surface area (Å²) in [7, 11) is 0. The first-order valence-corrected chi connectivity index (χ1v) is 8.87. The van der Waals surface area contributed by atoms with Crippen molar-refractivity contribution in [2.45, 2.75) is 38.4 Å². The van der Waals surface area contributed by atoms with E-state index in [9.17, 15) is 19.5 Å². The monoisotopic (exact) mass is 405 g/mol. The maximum absolute atomic E-state index is 12.7. The maximum atomic E-state index is 12.7. The second kappa shape index (κ2) is 5.66. The molecule has 0 radical (unpaired) electrons. The minimum atomic E-state index is -1.04. The number of hydrogen-bond acceptors (Lipinski definition) is 4. The summed E-state index contributed by atoms with van der Waals surface area (Å²) < 4.78 is 2.33. The van der Waals surface area contributed by atoms with Crippen LogP contribution >= 0.6 is 15.9 Å². The van der Waals surface area contributed by atoms with Crippen LogP contribution in [-0.4, -0.2) is 49.5 Å².